The quantitative estimate of drug-likeness (QED) is 0.175. The fourth-order valence-electron chi connectivity index (χ4n) is 9.88. The zero-order chi connectivity index (χ0) is 39.8. The molecule has 4 aromatic heterocycles. The first-order valence-corrected chi connectivity index (χ1v) is 21.4. The number of aromatic nitrogens is 2. The maximum Gasteiger partial charge on any atom is 0.102 e. The molecule has 0 unspecified atom stereocenters. The van der Waals surface area contributed by atoms with Gasteiger partial charge in [-0.2, -0.15) is 10.5 Å². The van der Waals surface area contributed by atoms with Crippen molar-refractivity contribution >= 4 is 107 Å². The Balaban J connectivity index is 1.42. The Kier molecular flexibility index (Phi) is 7.22. The number of rotatable bonds is 2. The SMILES string of the molecule is CC(C)(C)c1c(C#N)c(-n2c3ccccc3c3c4c(ccc32)sc2ccccc24)c(C(C)(C)C)c(-n2c3ccccc3c3c4c(ccc32)sc2ccccc24)c1C#N. The molecule has 0 bridgehead atoms. The van der Waals surface area contributed by atoms with Crippen molar-refractivity contribution in [3.63, 3.8) is 0 Å². The van der Waals surface area contributed by atoms with Crippen LogP contribution in [-0.2, 0) is 10.8 Å². The fraction of sp³-hybridized carbons (Fsp3) is 0.154. The molecule has 7 aromatic carbocycles. The maximum absolute atomic E-state index is 11.6. The van der Waals surface area contributed by atoms with Crippen LogP contribution in [0.15, 0.2) is 121 Å². The topological polar surface area (TPSA) is 57.4 Å². The molecule has 0 atom stereocenters. The summed E-state index contributed by atoms with van der Waals surface area (Å²) < 4.78 is 9.69. The van der Waals surface area contributed by atoms with Gasteiger partial charge in [-0.1, -0.05) is 114 Å². The van der Waals surface area contributed by atoms with Crippen molar-refractivity contribution in [3.05, 3.63) is 144 Å². The van der Waals surface area contributed by atoms with Gasteiger partial charge in [-0.3, -0.25) is 0 Å². The highest BCUT2D eigenvalue weighted by Gasteiger charge is 2.38. The number of nitrogens with zero attached hydrogens (tertiary/aromatic N) is 4. The first-order valence-electron chi connectivity index (χ1n) is 19.7. The Hall–Kier alpha value is -6.44. The van der Waals surface area contributed by atoms with E-state index in [2.05, 4.69) is 184 Å². The highest BCUT2D eigenvalue weighted by Crippen LogP contribution is 2.51. The molecule has 0 spiro atoms. The molecule has 0 N–H and O–H groups in total. The van der Waals surface area contributed by atoms with Crippen molar-refractivity contribution in [2.75, 3.05) is 0 Å². The average Bonchev–Trinajstić information content (AvgIpc) is 3.96. The molecule has 0 radical (unpaired) electrons. The Morgan fingerprint density at radius 3 is 1.17 bits per heavy atom. The van der Waals surface area contributed by atoms with Gasteiger partial charge in [0.15, 0.2) is 0 Å². The number of benzene rings is 7. The largest absolute Gasteiger partial charge is 0.307 e. The Morgan fingerprint density at radius 1 is 0.397 bits per heavy atom. The Labute approximate surface area is 344 Å². The van der Waals surface area contributed by atoms with Crippen LogP contribution in [0, 0.1) is 22.7 Å². The summed E-state index contributed by atoms with van der Waals surface area (Å²) in [5, 5.41) is 32.8. The standard InChI is InChI=1S/C52H38N4S2/c1-51(2,3)47-33(27-53)49(55-35-19-11-7-15-29(35)43-37(55)23-25-41-45(43)31-17-9-13-21-39(31)57-41)48(52(4,5)6)50(34(47)28-54)56-36-20-12-8-16-30(36)44-38(56)24-26-42-46(44)32-18-10-14-22-40(32)58-42/h7-26H,1-6H3. The van der Waals surface area contributed by atoms with Crippen molar-refractivity contribution in [3.8, 4) is 23.5 Å². The number of fused-ring (bicyclic) bond motifs is 14. The van der Waals surface area contributed by atoms with Gasteiger partial charge in [0.2, 0.25) is 0 Å². The highest BCUT2D eigenvalue weighted by molar-refractivity contribution is 7.26. The lowest BCUT2D eigenvalue weighted by molar-refractivity contribution is 0.569. The number of hydrogen-bond donors (Lipinski definition) is 0. The van der Waals surface area contributed by atoms with Crippen molar-refractivity contribution in [2.45, 2.75) is 52.4 Å². The molecule has 0 fully saturated rings. The summed E-state index contributed by atoms with van der Waals surface area (Å²) in [6.45, 7) is 13.1. The molecule has 0 aliphatic rings. The van der Waals surface area contributed by atoms with E-state index < -0.39 is 10.8 Å². The molecule has 58 heavy (non-hydrogen) atoms. The van der Waals surface area contributed by atoms with Gasteiger partial charge >= 0.3 is 0 Å². The van der Waals surface area contributed by atoms with Gasteiger partial charge in [0.1, 0.15) is 12.1 Å². The van der Waals surface area contributed by atoms with Gasteiger partial charge in [0.25, 0.3) is 0 Å². The zero-order valence-electron chi connectivity index (χ0n) is 33.2. The fourth-order valence-corrected chi connectivity index (χ4v) is 12.1. The van der Waals surface area contributed by atoms with Crippen LogP contribution in [0.4, 0.5) is 0 Å². The molecule has 0 amide bonds. The van der Waals surface area contributed by atoms with Crippen LogP contribution in [0.5, 0.6) is 0 Å². The second-order valence-electron chi connectivity index (χ2n) is 17.5. The van der Waals surface area contributed by atoms with E-state index >= 15 is 0 Å². The predicted molar refractivity (Wildman–Crippen MR) is 248 cm³/mol. The molecule has 4 heterocycles. The van der Waals surface area contributed by atoms with E-state index in [1.165, 1.54) is 51.1 Å². The Bertz CT molecular complexity index is 3440. The van der Waals surface area contributed by atoms with E-state index in [4.69, 9.17) is 0 Å². The van der Waals surface area contributed by atoms with Gasteiger partial charge in [0, 0.05) is 67.5 Å². The number of para-hydroxylation sites is 2. The van der Waals surface area contributed by atoms with Gasteiger partial charge in [-0.25, -0.2) is 0 Å². The normalized spacial score (nSPS) is 12.6. The molecule has 278 valence electrons. The third-order valence-corrected chi connectivity index (χ3v) is 14.2. The van der Waals surface area contributed by atoms with Crippen LogP contribution in [0.1, 0.15) is 63.8 Å². The summed E-state index contributed by atoms with van der Waals surface area (Å²) in [6, 6.07) is 49.1. The molecule has 11 aromatic rings. The molecule has 0 saturated carbocycles. The van der Waals surface area contributed by atoms with Crippen LogP contribution < -0.4 is 0 Å². The number of nitriles is 2. The first kappa shape index (κ1) is 34.8. The van der Waals surface area contributed by atoms with Crippen molar-refractivity contribution in [2.24, 2.45) is 0 Å². The number of hydrogen-bond acceptors (Lipinski definition) is 4. The molecule has 4 nitrogen and oxygen atoms in total. The molecule has 0 saturated heterocycles. The second-order valence-corrected chi connectivity index (χ2v) is 19.7. The highest BCUT2D eigenvalue weighted by atomic mass is 32.1. The van der Waals surface area contributed by atoms with Gasteiger partial charge in [-0.15, -0.1) is 22.7 Å². The lowest BCUT2D eigenvalue weighted by Crippen LogP contribution is -2.26. The summed E-state index contributed by atoms with van der Waals surface area (Å²) in [6.07, 6.45) is 0. The number of thiophene rings is 2. The van der Waals surface area contributed by atoms with Crippen molar-refractivity contribution in [1.29, 1.82) is 10.5 Å². The summed E-state index contributed by atoms with van der Waals surface area (Å²) >= 11 is 3.64. The lowest BCUT2D eigenvalue weighted by Gasteiger charge is -2.34. The average molecular weight is 783 g/mol. The third-order valence-electron chi connectivity index (χ3n) is 12.0. The van der Waals surface area contributed by atoms with E-state index in [0.29, 0.717) is 11.1 Å². The minimum absolute atomic E-state index is 0.522. The summed E-state index contributed by atoms with van der Waals surface area (Å²) in [5.41, 5.74) is 7.57. The minimum atomic E-state index is -0.554. The van der Waals surface area contributed by atoms with E-state index in [9.17, 15) is 10.5 Å². The minimum Gasteiger partial charge on any atom is -0.307 e. The molecular weight excluding hydrogens is 745 g/mol. The third kappa shape index (κ3) is 4.59. The van der Waals surface area contributed by atoms with Gasteiger partial charge in [-0.05, 0) is 64.9 Å². The molecule has 0 aliphatic heterocycles. The van der Waals surface area contributed by atoms with E-state index in [-0.39, 0.29) is 0 Å². The zero-order valence-corrected chi connectivity index (χ0v) is 34.8. The molecule has 0 aliphatic carbocycles. The monoisotopic (exact) mass is 782 g/mol. The van der Waals surface area contributed by atoms with Crippen LogP contribution in [0.3, 0.4) is 0 Å². The van der Waals surface area contributed by atoms with E-state index in [1.807, 2.05) is 22.7 Å². The smallest absolute Gasteiger partial charge is 0.102 e. The Morgan fingerprint density at radius 2 is 0.776 bits per heavy atom. The van der Waals surface area contributed by atoms with E-state index in [0.717, 1.165) is 55.3 Å². The molecule has 6 heteroatoms. The van der Waals surface area contributed by atoms with Gasteiger partial charge < -0.3 is 9.13 Å². The van der Waals surface area contributed by atoms with Gasteiger partial charge in [0.05, 0.1) is 44.6 Å². The van der Waals surface area contributed by atoms with Crippen molar-refractivity contribution < 1.29 is 0 Å². The van der Waals surface area contributed by atoms with Crippen LogP contribution >= 0.6 is 22.7 Å². The van der Waals surface area contributed by atoms with Crippen LogP contribution in [-0.4, -0.2) is 9.13 Å². The lowest BCUT2D eigenvalue weighted by atomic mass is 9.74. The second kappa shape index (κ2) is 12.0. The van der Waals surface area contributed by atoms with Crippen LogP contribution in [0.2, 0.25) is 0 Å². The summed E-state index contributed by atoms with van der Waals surface area (Å²) in [4.78, 5) is 0. The van der Waals surface area contributed by atoms with E-state index in [1.54, 1.807) is 0 Å². The maximum atomic E-state index is 11.6. The summed E-state index contributed by atoms with van der Waals surface area (Å²) in [7, 11) is 0. The molecular formula is C52H38N4S2. The van der Waals surface area contributed by atoms with Crippen molar-refractivity contribution in [1.82, 2.24) is 9.13 Å². The molecule has 11 rings (SSSR count). The first-order chi connectivity index (χ1) is 28.0. The van der Waals surface area contributed by atoms with Crippen LogP contribution in [0.25, 0.3) is 95.3 Å². The summed E-state index contributed by atoms with van der Waals surface area (Å²) in [5.74, 6) is 0. The predicted octanol–water partition coefficient (Wildman–Crippen LogP) is 15.0.